The quantitative estimate of drug-likeness (QED) is 0.879. The third kappa shape index (κ3) is 4.67. The van der Waals surface area contributed by atoms with Crippen molar-refractivity contribution in [2.45, 2.75) is 39.8 Å². The predicted octanol–water partition coefficient (Wildman–Crippen LogP) is 3.63. The molecule has 2 aromatic rings. The zero-order chi connectivity index (χ0) is 19.4. The molecule has 3 rings (SSSR count). The molecule has 1 N–H and O–H groups in total. The third-order valence-corrected chi connectivity index (χ3v) is 4.72. The first-order chi connectivity index (χ1) is 12.9. The maximum Gasteiger partial charge on any atom is 0.265 e. The van der Waals surface area contributed by atoms with E-state index in [0.29, 0.717) is 12.3 Å². The molecule has 1 atom stereocenters. The number of amides is 2. The average Bonchev–Trinajstić information content (AvgIpc) is 2.67. The number of hydrogen-bond acceptors (Lipinski definition) is 3. The molecule has 2 amide bonds. The van der Waals surface area contributed by atoms with E-state index in [1.54, 1.807) is 6.92 Å². The number of ether oxygens (including phenoxy) is 1. The predicted molar refractivity (Wildman–Crippen MR) is 106 cm³/mol. The maximum atomic E-state index is 12.4. The molecule has 142 valence electrons. The monoisotopic (exact) mass is 366 g/mol. The van der Waals surface area contributed by atoms with Crippen LogP contribution < -0.4 is 10.1 Å². The van der Waals surface area contributed by atoms with Crippen LogP contribution in [0, 0.1) is 5.92 Å². The summed E-state index contributed by atoms with van der Waals surface area (Å²) in [5.41, 5.74) is 3.04. The van der Waals surface area contributed by atoms with Gasteiger partial charge in [-0.15, -0.1) is 0 Å². The molecule has 1 unspecified atom stereocenters. The van der Waals surface area contributed by atoms with Gasteiger partial charge in [0.2, 0.25) is 5.91 Å². The number of para-hydroxylation sites is 1. The molecule has 27 heavy (non-hydrogen) atoms. The minimum atomic E-state index is -0.609. The number of nitrogens with zero attached hydrogens (tertiary/aromatic N) is 1. The fraction of sp³-hybridized carbons (Fsp3) is 0.364. The van der Waals surface area contributed by atoms with E-state index in [0.717, 1.165) is 24.2 Å². The molecule has 2 aromatic carbocycles. The number of benzene rings is 2. The van der Waals surface area contributed by atoms with E-state index < -0.39 is 6.10 Å². The SMILES string of the molecule is CC(C)C(=O)N1CCc2ccc(NC(=O)C(C)Oc3ccccc3)cc2C1. The van der Waals surface area contributed by atoms with E-state index in [4.69, 9.17) is 4.74 Å². The smallest absolute Gasteiger partial charge is 0.265 e. The lowest BCUT2D eigenvalue weighted by atomic mass is 9.98. The van der Waals surface area contributed by atoms with Crippen molar-refractivity contribution in [2.75, 3.05) is 11.9 Å². The zero-order valence-corrected chi connectivity index (χ0v) is 16.1. The number of anilines is 1. The first kappa shape index (κ1) is 19.0. The lowest BCUT2D eigenvalue weighted by Gasteiger charge is -2.30. The molecule has 5 heteroatoms. The Morgan fingerprint density at radius 2 is 1.78 bits per heavy atom. The maximum absolute atomic E-state index is 12.4. The summed E-state index contributed by atoms with van der Waals surface area (Å²) in [6.07, 6.45) is 0.234. The Bertz CT molecular complexity index is 818. The molecule has 0 fully saturated rings. The summed E-state index contributed by atoms with van der Waals surface area (Å²) in [6.45, 7) is 6.90. The molecule has 0 saturated heterocycles. The van der Waals surface area contributed by atoms with Gasteiger partial charge in [-0.1, -0.05) is 38.1 Å². The van der Waals surface area contributed by atoms with E-state index >= 15 is 0 Å². The largest absolute Gasteiger partial charge is 0.481 e. The average molecular weight is 366 g/mol. The molecule has 0 aliphatic carbocycles. The number of rotatable bonds is 5. The second-order valence-corrected chi connectivity index (χ2v) is 7.21. The van der Waals surface area contributed by atoms with Crippen molar-refractivity contribution < 1.29 is 14.3 Å². The Hall–Kier alpha value is -2.82. The molecule has 0 saturated carbocycles. The highest BCUT2D eigenvalue weighted by atomic mass is 16.5. The molecule has 5 nitrogen and oxygen atoms in total. The van der Waals surface area contributed by atoms with Crippen molar-refractivity contribution in [1.82, 2.24) is 4.90 Å². The van der Waals surface area contributed by atoms with E-state index in [9.17, 15) is 9.59 Å². The Balaban J connectivity index is 1.65. The second-order valence-electron chi connectivity index (χ2n) is 7.21. The highest BCUT2D eigenvalue weighted by molar-refractivity contribution is 5.94. The van der Waals surface area contributed by atoms with Crippen LogP contribution in [-0.4, -0.2) is 29.4 Å². The van der Waals surface area contributed by atoms with Gasteiger partial charge >= 0.3 is 0 Å². The first-order valence-corrected chi connectivity index (χ1v) is 9.37. The van der Waals surface area contributed by atoms with Gasteiger partial charge in [0.05, 0.1) is 0 Å². The van der Waals surface area contributed by atoms with Crippen molar-refractivity contribution in [1.29, 1.82) is 0 Å². The van der Waals surface area contributed by atoms with Crippen LogP contribution in [0.3, 0.4) is 0 Å². The van der Waals surface area contributed by atoms with Crippen molar-refractivity contribution in [3.05, 3.63) is 59.7 Å². The number of carbonyl (C=O) groups excluding carboxylic acids is 2. The van der Waals surface area contributed by atoms with Gasteiger partial charge in [-0.25, -0.2) is 0 Å². The summed E-state index contributed by atoms with van der Waals surface area (Å²) in [4.78, 5) is 26.6. The van der Waals surface area contributed by atoms with E-state index in [2.05, 4.69) is 5.32 Å². The summed E-state index contributed by atoms with van der Waals surface area (Å²) in [5.74, 6) is 0.614. The number of nitrogens with one attached hydrogen (secondary N) is 1. The molecule has 0 spiro atoms. The molecule has 0 aromatic heterocycles. The van der Waals surface area contributed by atoms with Gasteiger partial charge in [0, 0.05) is 24.7 Å². The van der Waals surface area contributed by atoms with Gasteiger partial charge in [-0.05, 0) is 48.7 Å². The standard InChI is InChI=1S/C22H26N2O3/c1-15(2)22(26)24-12-11-17-9-10-19(13-18(17)14-24)23-21(25)16(3)27-20-7-5-4-6-8-20/h4-10,13,15-16H,11-12,14H2,1-3H3,(H,23,25). The minimum Gasteiger partial charge on any atom is -0.481 e. The van der Waals surface area contributed by atoms with Crippen LogP contribution in [0.1, 0.15) is 31.9 Å². The first-order valence-electron chi connectivity index (χ1n) is 9.37. The molecule has 0 radical (unpaired) electrons. The zero-order valence-electron chi connectivity index (χ0n) is 16.1. The molecular formula is C22H26N2O3. The minimum absolute atomic E-state index is 0.00887. The van der Waals surface area contributed by atoms with Crippen molar-refractivity contribution in [2.24, 2.45) is 5.92 Å². The van der Waals surface area contributed by atoms with Crippen LogP contribution >= 0.6 is 0 Å². The summed E-state index contributed by atoms with van der Waals surface area (Å²) in [6, 6.07) is 15.2. The fourth-order valence-electron chi connectivity index (χ4n) is 3.19. The number of fused-ring (bicyclic) bond motifs is 1. The summed E-state index contributed by atoms with van der Waals surface area (Å²) in [7, 11) is 0. The lowest BCUT2D eigenvalue weighted by molar-refractivity contribution is -0.135. The van der Waals surface area contributed by atoms with Crippen LogP contribution in [0.25, 0.3) is 0 Å². The van der Waals surface area contributed by atoms with E-state index in [1.807, 2.05) is 67.3 Å². The Morgan fingerprint density at radius 3 is 2.48 bits per heavy atom. The fourth-order valence-corrected chi connectivity index (χ4v) is 3.19. The summed E-state index contributed by atoms with van der Waals surface area (Å²) < 4.78 is 5.67. The summed E-state index contributed by atoms with van der Waals surface area (Å²) in [5, 5.41) is 2.91. The highest BCUT2D eigenvalue weighted by Crippen LogP contribution is 2.24. The topological polar surface area (TPSA) is 58.6 Å². The van der Waals surface area contributed by atoms with Gasteiger partial charge in [0.15, 0.2) is 6.10 Å². The molecule has 1 aliphatic rings. The van der Waals surface area contributed by atoms with Crippen LogP contribution in [0.2, 0.25) is 0 Å². The Kier molecular flexibility index (Phi) is 5.79. The molecular weight excluding hydrogens is 340 g/mol. The van der Waals surface area contributed by atoms with Crippen LogP contribution in [0.5, 0.6) is 5.75 Å². The third-order valence-electron chi connectivity index (χ3n) is 4.72. The highest BCUT2D eigenvalue weighted by Gasteiger charge is 2.23. The van der Waals surface area contributed by atoms with Crippen molar-refractivity contribution in [3.63, 3.8) is 0 Å². The number of carbonyl (C=O) groups is 2. The van der Waals surface area contributed by atoms with Crippen molar-refractivity contribution >= 4 is 17.5 Å². The Labute approximate surface area is 160 Å². The molecule has 0 bridgehead atoms. The van der Waals surface area contributed by atoms with Crippen LogP contribution in [0.4, 0.5) is 5.69 Å². The summed E-state index contributed by atoms with van der Waals surface area (Å²) >= 11 is 0. The van der Waals surface area contributed by atoms with Gasteiger partial charge in [0.1, 0.15) is 5.75 Å². The van der Waals surface area contributed by atoms with Gasteiger partial charge in [-0.3, -0.25) is 9.59 Å². The second kappa shape index (κ2) is 8.25. The number of hydrogen-bond donors (Lipinski definition) is 1. The molecule has 1 aliphatic heterocycles. The Morgan fingerprint density at radius 1 is 1.04 bits per heavy atom. The van der Waals surface area contributed by atoms with Crippen LogP contribution in [0.15, 0.2) is 48.5 Å². The van der Waals surface area contributed by atoms with Crippen molar-refractivity contribution in [3.8, 4) is 5.75 Å². The van der Waals surface area contributed by atoms with Gasteiger partial charge in [0.25, 0.3) is 5.91 Å². The lowest BCUT2D eigenvalue weighted by Crippen LogP contribution is -2.38. The van der Waals surface area contributed by atoms with Crippen LogP contribution in [-0.2, 0) is 22.6 Å². The van der Waals surface area contributed by atoms with Gasteiger partial charge < -0.3 is 15.0 Å². The van der Waals surface area contributed by atoms with E-state index in [-0.39, 0.29) is 17.7 Å². The normalized spacial score (nSPS) is 14.4. The molecule has 1 heterocycles. The van der Waals surface area contributed by atoms with E-state index in [1.165, 1.54) is 5.56 Å². The van der Waals surface area contributed by atoms with Gasteiger partial charge in [-0.2, -0.15) is 0 Å².